The van der Waals surface area contributed by atoms with Crippen molar-refractivity contribution >= 4 is 11.9 Å². The Morgan fingerprint density at radius 3 is 2.59 bits per heavy atom. The van der Waals surface area contributed by atoms with Crippen molar-refractivity contribution in [2.75, 3.05) is 6.54 Å². The van der Waals surface area contributed by atoms with Crippen molar-refractivity contribution < 1.29 is 23.8 Å². The minimum Gasteiger partial charge on any atom is -0.481 e. The van der Waals surface area contributed by atoms with Gasteiger partial charge in [0.25, 0.3) is 5.91 Å². The SMILES string of the molecule is O=C(O)CCc1ccccc1CC1C2CCC(O2)C1c1nc(C(=O)NCCCCC2CCCCC2)co1. The number of amides is 1. The number of hydrogen-bond donors (Lipinski definition) is 2. The summed E-state index contributed by atoms with van der Waals surface area (Å²) in [6.45, 7) is 0.667. The number of carbonyl (C=O) groups excluding carboxylic acids is 1. The van der Waals surface area contributed by atoms with Crippen LogP contribution < -0.4 is 5.32 Å². The van der Waals surface area contributed by atoms with Crippen LogP contribution in [0.25, 0.3) is 0 Å². The summed E-state index contributed by atoms with van der Waals surface area (Å²) in [5.74, 6) is 0.701. The molecular weight excluding hydrogens is 468 g/mol. The minimum atomic E-state index is -0.786. The molecule has 0 spiro atoms. The Balaban J connectivity index is 1.17. The second kappa shape index (κ2) is 12.2. The Kier molecular flexibility index (Phi) is 8.59. The molecule has 3 fully saturated rings. The summed E-state index contributed by atoms with van der Waals surface area (Å²) in [6.07, 6.45) is 15.4. The number of fused-ring (bicyclic) bond motifs is 2. The summed E-state index contributed by atoms with van der Waals surface area (Å²) in [5.41, 5.74) is 2.57. The number of nitrogens with zero attached hydrogens (tertiary/aromatic N) is 1. The molecule has 3 heterocycles. The van der Waals surface area contributed by atoms with Crippen molar-refractivity contribution in [1.29, 1.82) is 0 Å². The molecule has 5 rings (SSSR count). The first-order chi connectivity index (χ1) is 18.1. The lowest BCUT2D eigenvalue weighted by Gasteiger charge is -2.26. The van der Waals surface area contributed by atoms with Crippen LogP contribution in [0.4, 0.5) is 0 Å². The molecule has 7 heteroatoms. The molecular formula is C30H40N2O5. The molecule has 1 aliphatic carbocycles. The summed E-state index contributed by atoms with van der Waals surface area (Å²) < 4.78 is 12.2. The quantitative estimate of drug-likeness (QED) is 0.358. The van der Waals surface area contributed by atoms with E-state index in [1.54, 1.807) is 0 Å². The van der Waals surface area contributed by atoms with E-state index in [1.807, 2.05) is 18.2 Å². The number of carbonyl (C=O) groups is 2. The molecule has 1 amide bonds. The van der Waals surface area contributed by atoms with Gasteiger partial charge in [0.1, 0.15) is 6.26 Å². The van der Waals surface area contributed by atoms with Crippen LogP contribution in [0.15, 0.2) is 34.9 Å². The van der Waals surface area contributed by atoms with Gasteiger partial charge in [-0.15, -0.1) is 0 Å². The van der Waals surface area contributed by atoms with Crippen LogP contribution in [0, 0.1) is 11.8 Å². The van der Waals surface area contributed by atoms with E-state index in [0.29, 0.717) is 24.6 Å². The van der Waals surface area contributed by atoms with E-state index in [4.69, 9.17) is 14.3 Å². The molecule has 1 aromatic carbocycles. The summed E-state index contributed by atoms with van der Waals surface area (Å²) in [4.78, 5) is 28.5. The molecule has 2 saturated heterocycles. The van der Waals surface area contributed by atoms with E-state index in [0.717, 1.165) is 49.1 Å². The predicted molar refractivity (Wildman–Crippen MR) is 139 cm³/mol. The average Bonchev–Trinajstić information content (AvgIpc) is 3.65. The number of aryl methyl sites for hydroxylation is 1. The number of unbranched alkanes of at least 4 members (excludes halogenated alkanes) is 1. The molecule has 2 aromatic rings. The number of rotatable bonds is 12. The van der Waals surface area contributed by atoms with Gasteiger partial charge >= 0.3 is 5.97 Å². The van der Waals surface area contributed by atoms with Crippen molar-refractivity contribution in [3.63, 3.8) is 0 Å². The molecule has 2 N–H and O–H groups in total. The molecule has 4 atom stereocenters. The monoisotopic (exact) mass is 508 g/mol. The fourth-order valence-electron chi connectivity index (χ4n) is 6.74. The number of benzene rings is 1. The summed E-state index contributed by atoms with van der Waals surface area (Å²) >= 11 is 0. The predicted octanol–water partition coefficient (Wildman–Crippen LogP) is 5.68. The van der Waals surface area contributed by atoms with Gasteiger partial charge in [0, 0.05) is 18.9 Å². The average molecular weight is 509 g/mol. The fraction of sp³-hybridized carbons (Fsp3) is 0.633. The van der Waals surface area contributed by atoms with Gasteiger partial charge in [-0.05, 0) is 49.1 Å². The second-order valence-corrected chi connectivity index (χ2v) is 11.2. The molecule has 1 aromatic heterocycles. The van der Waals surface area contributed by atoms with Crippen LogP contribution >= 0.6 is 0 Å². The van der Waals surface area contributed by atoms with Crippen LogP contribution in [0.3, 0.4) is 0 Å². The van der Waals surface area contributed by atoms with Crippen LogP contribution in [0.1, 0.15) is 104 Å². The molecule has 0 radical (unpaired) electrons. The molecule has 2 bridgehead atoms. The van der Waals surface area contributed by atoms with Gasteiger partial charge in [0.05, 0.1) is 18.1 Å². The molecule has 200 valence electrons. The van der Waals surface area contributed by atoms with E-state index in [-0.39, 0.29) is 36.4 Å². The number of ether oxygens (including phenoxy) is 1. The smallest absolute Gasteiger partial charge is 0.303 e. The van der Waals surface area contributed by atoms with Crippen LogP contribution in [-0.4, -0.2) is 40.7 Å². The lowest BCUT2D eigenvalue weighted by atomic mass is 9.75. The van der Waals surface area contributed by atoms with Gasteiger partial charge in [0.15, 0.2) is 5.69 Å². The van der Waals surface area contributed by atoms with Crippen LogP contribution in [-0.2, 0) is 22.4 Å². The highest BCUT2D eigenvalue weighted by molar-refractivity contribution is 5.91. The van der Waals surface area contributed by atoms with Gasteiger partial charge in [-0.3, -0.25) is 9.59 Å². The van der Waals surface area contributed by atoms with Gasteiger partial charge < -0.3 is 19.6 Å². The number of aliphatic carboxylic acids is 1. The first-order valence-electron chi connectivity index (χ1n) is 14.3. The van der Waals surface area contributed by atoms with Gasteiger partial charge in [-0.1, -0.05) is 69.2 Å². The Bertz CT molecular complexity index is 1060. The first-order valence-corrected chi connectivity index (χ1v) is 14.3. The Labute approximate surface area is 219 Å². The zero-order valence-corrected chi connectivity index (χ0v) is 21.7. The Morgan fingerprint density at radius 2 is 1.78 bits per heavy atom. The van der Waals surface area contributed by atoms with Crippen LogP contribution in [0.2, 0.25) is 0 Å². The van der Waals surface area contributed by atoms with E-state index < -0.39 is 5.97 Å². The third kappa shape index (κ3) is 6.43. The molecule has 2 aliphatic heterocycles. The number of oxazole rings is 1. The number of carboxylic acid groups (broad SMARTS) is 1. The summed E-state index contributed by atoms with van der Waals surface area (Å²) in [5, 5.41) is 12.2. The van der Waals surface area contributed by atoms with Gasteiger partial charge in [-0.2, -0.15) is 0 Å². The fourth-order valence-corrected chi connectivity index (χ4v) is 6.74. The van der Waals surface area contributed by atoms with Crippen molar-refractivity contribution in [1.82, 2.24) is 10.3 Å². The number of aromatic nitrogens is 1. The molecule has 1 saturated carbocycles. The van der Waals surface area contributed by atoms with Crippen molar-refractivity contribution in [3.05, 3.63) is 53.2 Å². The van der Waals surface area contributed by atoms with Crippen LogP contribution in [0.5, 0.6) is 0 Å². The topological polar surface area (TPSA) is 102 Å². The zero-order valence-electron chi connectivity index (χ0n) is 21.7. The van der Waals surface area contributed by atoms with E-state index in [1.165, 1.54) is 44.8 Å². The first kappa shape index (κ1) is 26.0. The highest BCUT2D eigenvalue weighted by Crippen LogP contribution is 2.50. The number of carboxylic acids is 1. The molecule has 4 unspecified atom stereocenters. The molecule has 37 heavy (non-hydrogen) atoms. The normalized spacial score (nSPS) is 25.4. The lowest BCUT2D eigenvalue weighted by Crippen LogP contribution is -2.28. The minimum absolute atomic E-state index is 0.00308. The Hall–Kier alpha value is -2.67. The van der Waals surface area contributed by atoms with Crippen molar-refractivity contribution in [3.8, 4) is 0 Å². The second-order valence-electron chi connectivity index (χ2n) is 11.2. The summed E-state index contributed by atoms with van der Waals surface area (Å²) in [6, 6.07) is 8.07. The highest BCUT2D eigenvalue weighted by atomic mass is 16.5. The Morgan fingerprint density at radius 1 is 1.00 bits per heavy atom. The number of hydrogen-bond acceptors (Lipinski definition) is 5. The van der Waals surface area contributed by atoms with Crippen molar-refractivity contribution in [2.45, 2.75) is 102 Å². The zero-order chi connectivity index (χ0) is 25.6. The number of nitrogens with one attached hydrogen (secondary N) is 1. The maximum atomic E-state index is 12.7. The van der Waals surface area contributed by atoms with Gasteiger partial charge in [-0.25, -0.2) is 4.98 Å². The van der Waals surface area contributed by atoms with E-state index in [2.05, 4.69) is 16.4 Å². The third-order valence-corrected chi connectivity index (χ3v) is 8.70. The third-order valence-electron chi connectivity index (χ3n) is 8.70. The maximum absolute atomic E-state index is 12.7. The van der Waals surface area contributed by atoms with Gasteiger partial charge in [0.2, 0.25) is 5.89 Å². The largest absolute Gasteiger partial charge is 0.481 e. The molecule has 7 nitrogen and oxygen atoms in total. The lowest BCUT2D eigenvalue weighted by molar-refractivity contribution is -0.136. The van der Waals surface area contributed by atoms with E-state index >= 15 is 0 Å². The molecule has 3 aliphatic rings. The highest BCUT2D eigenvalue weighted by Gasteiger charge is 2.51. The standard InChI is InChI=1S/C30H40N2O5/c33-27(34)16-13-21-11-4-5-12-22(21)18-23-25-14-15-26(37-25)28(23)30-32-24(19-36-30)29(35)31-17-7-6-10-20-8-2-1-3-9-20/h4-5,11-12,19-20,23,25-26,28H,1-3,6-10,13-18H2,(H,31,35)(H,33,34). The maximum Gasteiger partial charge on any atom is 0.303 e. The van der Waals surface area contributed by atoms with Crippen molar-refractivity contribution in [2.24, 2.45) is 11.8 Å². The summed E-state index contributed by atoms with van der Waals surface area (Å²) in [7, 11) is 0. The van der Waals surface area contributed by atoms with E-state index in [9.17, 15) is 9.59 Å².